The van der Waals surface area contributed by atoms with E-state index in [1.165, 1.54) is 31.2 Å². The number of hydrogen-bond donors (Lipinski definition) is 1. The van der Waals surface area contributed by atoms with Gasteiger partial charge < -0.3 is 10.1 Å². The van der Waals surface area contributed by atoms with Crippen molar-refractivity contribution in [2.45, 2.75) is 31.4 Å². The molecular formula is C19H21NO5S. The summed E-state index contributed by atoms with van der Waals surface area (Å²) < 4.78 is 28.0. The maximum absolute atomic E-state index is 12.1. The lowest BCUT2D eigenvalue weighted by Crippen LogP contribution is -2.35. The summed E-state index contributed by atoms with van der Waals surface area (Å²) in [5.74, 6) is -1.10. The minimum absolute atomic E-state index is 0.109. The summed E-state index contributed by atoms with van der Waals surface area (Å²) >= 11 is 0. The van der Waals surface area contributed by atoms with Gasteiger partial charge in [0.15, 0.2) is 15.9 Å². The third-order valence-corrected chi connectivity index (χ3v) is 4.89. The predicted molar refractivity (Wildman–Crippen MR) is 97.5 cm³/mol. The van der Waals surface area contributed by atoms with Gasteiger partial charge >= 0.3 is 5.97 Å². The van der Waals surface area contributed by atoms with Gasteiger partial charge in [-0.15, -0.1) is 0 Å². The van der Waals surface area contributed by atoms with Crippen molar-refractivity contribution in [3.05, 3.63) is 65.2 Å². The van der Waals surface area contributed by atoms with Gasteiger partial charge in [-0.2, -0.15) is 0 Å². The number of carbonyl (C=O) groups excluding carboxylic acids is 2. The minimum Gasteiger partial charge on any atom is -0.449 e. The monoisotopic (exact) mass is 375 g/mol. The molecule has 1 N–H and O–H groups in total. The first kappa shape index (κ1) is 19.7. The smallest absolute Gasteiger partial charge is 0.338 e. The summed E-state index contributed by atoms with van der Waals surface area (Å²) in [5, 5.41) is 2.71. The molecule has 2 rings (SSSR count). The summed E-state index contributed by atoms with van der Waals surface area (Å²) in [6, 6.07) is 13.1. The van der Waals surface area contributed by atoms with Gasteiger partial charge in [0.25, 0.3) is 5.91 Å². The zero-order chi connectivity index (χ0) is 19.3. The molecule has 0 bridgehead atoms. The topological polar surface area (TPSA) is 89.5 Å². The Morgan fingerprint density at radius 3 is 2.15 bits per heavy atom. The van der Waals surface area contributed by atoms with Crippen LogP contribution in [0.25, 0.3) is 0 Å². The SMILES string of the molecule is Cc1ccc(CNC(=O)[C@H](C)OC(=O)c2ccc(S(C)(=O)=O)cc2)cc1. The zero-order valence-electron chi connectivity index (χ0n) is 14.9. The summed E-state index contributed by atoms with van der Waals surface area (Å²) in [6.07, 6.45) is 0.114. The molecule has 0 radical (unpaired) electrons. The second kappa shape index (κ2) is 8.14. The highest BCUT2D eigenvalue weighted by Gasteiger charge is 2.19. The lowest BCUT2D eigenvalue weighted by Gasteiger charge is -2.14. The number of amides is 1. The molecule has 0 heterocycles. The molecule has 0 fully saturated rings. The van der Waals surface area contributed by atoms with Crippen molar-refractivity contribution in [2.75, 3.05) is 6.26 Å². The van der Waals surface area contributed by atoms with E-state index in [2.05, 4.69) is 5.32 Å². The van der Waals surface area contributed by atoms with Crippen molar-refractivity contribution < 1.29 is 22.7 Å². The summed E-state index contributed by atoms with van der Waals surface area (Å²) in [7, 11) is -3.33. The Balaban J connectivity index is 1.91. The van der Waals surface area contributed by atoms with Crippen LogP contribution in [0.3, 0.4) is 0 Å². The number of sulfone groups is 1. The van der Waals surface area contributed by atoms with Gasteiger partial charge in [0.2, 0.25) is 0 Å². The van der Waals surface area contributed by atoms with Crippen LogP contribution in [0.5, 0.6) is 0 Å². The van der Waals surface area contributed by atoms with E-state index >= 15 is 0 Å². The Morgan fingerprint density at radius 1 is 1.04 bits per heavy atom. The highest BCUT2D eigenvalue weighted by Crippen LogP contribution is 2.12. The number of carbonyl (C=O) groups is 2. The maximum Gasteiger partial charge on any atom is 0.338 e. The van der Waals surface area contributed by atoms with Crippen molar-refractivity contribution in [1.82, 2.24) is 5.32 Å². The molecule has 7 heteroatoms. The van der Waals surface area contributed by atoms with E-state index in [0.717, 1.165) is 17.4 Å². The van der Waals surface area contributed by atoms with Crippen LogP contribution in [0.1, 0.15) is 28.4 Å². The maximum atomic E-state index is 12.1. The fourth-order valence-corrected chi connectivity index (χ4v) is 2.79. The molecule has 1 amide bonds. The molecule has 0 aliphatic heterocycles. The highest BCUT2D eigenvalue weighted by atomic mass is 32.2. The van der Waals surface area contributed by atoms with Crippen molar-refractivity contribution in [1.29, 1.82) is 0 Å². The van der Waals surface area contributed by atoms with E-state index in [1.54, 1.807) is 0 Å². The van der Waals surface area contributed by atoms with E-state index < -0.39 is 27.8 Å². The first-order valence-electron chi connectivity index (χ1n) is 8.01. The highest BCUT2D eigenvalue weighted by molar-refractivity contribution is 7.90. The normalized spacial score (nSPS) is 12.3. The predicted octanol–water partition coefficient (Wildman–Crippen LogP) is 2.26. The largest absolute Gasteiger partial charge is 0.449 e. The fraction of sp³-hybridized carbons (Fsp3) is 0.263. The number of nitrogens with one attached hydrogen (secondary N) is 1. The third-order valence-electron chi connectivity index (χ3n) is 3.76. The Kier molecular flexibility index (Phi) is 6.15. The van der Waals surface area contributed by atoms with Gasteiger partial charge in [-0.1, -0.05) is 29.8 Å². The molecule has 0 spiro atoms. The van der Waals surface area contributed by atoms with Crippen molar-refractivity contribution in [2.24, 2.45) is 0 Å². The van der Waals surface area contributed by atoms with Crippen LogP contribution in [0.2, 0.25) is 0 Å². The average molecular weight is 375 g/mol. The second-order valence-corrected chi connectivity index (χ2v) is 8.06. The Labute approximate surface area is 153 Å². The molecule has 0 saturated carbocycles. The number of benzene rings is 2. The second-order valence-electron chi connectivity index (χ2n) is 6.05. The molecule has 6 nitrogen and oxygen atoms in total. The summed E-state index contributed by atoms with van der Waals surface area (Å²) in [5.41, 5.74) is 2.25. The zero-order valence-corrected chi connectivity index (χ0v) is 15.7. The standard InChI is InChI=1S/C19H21NO5S/c1-13-4-6-15(7-5-13)12-20-18(21)14(2)25-19(22)16-8-10-17(11-9-16)26(3,23)24/h4-11,14H,12H2,1-3H3,(H,20,21)/t14-/m0/s1. The van der Waals surface area contributed by atoms with Crippen molar-refractivity contribution in [3.63, 3.8) is 0 Å². The quantitative estimate of drug-likeness (QED) is 0.782. The number of rotatable bonds is 6. The van der Waals surface area contributed by atoms with Gasteiger partial charge in [-0.25, -0.2) is 13.2 Å². The van der Waals surface area contributed by atoms with E-state index in [9.17, 15) is 18.0 Å². The summed E-state index contributed by atoms with van der Waals surface area (Å²) in [4.78, 5) is 24.3. The lowest BCUT2D eigenvalue weighted by atomic mass is 10.1. The number of esters is 1. The molecule has 0 saturated heterocycles. The number of ether oxygens (including phenoxy) is 1. The van der Waals surface area contributed by atoms with Gasteiger partial charge in [0, 0.05) is 12.8 Å². The lowest BCUT2D eigenvalue weighted by molar-refractivity contribution is -0.129. The van der Waals surface area contributed by atoms with Crippen molar-refractivity contribution in [3.8, 4) is 0 Å². The Morgan fingerprint density at radius 2 is 1.62 bits per heavy atom. The van der Waals surface area contributed by atoms with Crippen LogP contribution in [-0.2, 0) is 25.9 Å². The van der Waals surface area contributed by atoms with Crippen LogP contribution >= 0.6 is 0 Å². The first-order valence-corrected chi connectivity index (χ1v) is 9.90. The first-order chi connectivity index (χ1) is 12.2. The average Bonchev–Trinajstić information content (AvgIpc) is 2.60. The molecule has 2 aromatic carbocycles. The van der Waals surface area contributed by atoms with Crippen LogP contribution < -0.4 is 5.32 Å². The minimum atomic E-state index is -3.33. The molecule has 138 valence electrons. The molecule has 0 unspecified atom stereocenters. The molecule has 0 aromatic heterocycles. The van der Waals surface area contributed by atoms with E-state index in [4.69, 9.17) is 4.74 Å². The Bertz CT molecular complexity index is 887. The third kappa shape index (κ3) is 5.42. The molecular weight excluding hydrogens is 354 g/mol. The van der Waals surface area contributed by atoms with Gasteiger partial charge in [0.1, 0.15) is 0 Å². The van der Waals surface area contributed by atoms with Gasteiger partial charge in [-0.3, -0.25) is 4.79 Å². The molecule has 1 atom stereocenters. The van der Waals surface area contributed by atoms with Crippen molar-refractivity contribution >= 4 is 21.7 Å². The molecule has 2 aromatic rings. The Hall–Kier alpha value is -2.67. The number of hydrogen-bond acceptors (Lipinski definition) is 5. The van der Waals surface area contributed by atoms with Crippen LogP contribution in [0, 0.1) is 6.92 Å². The summed E-state index contributed by atoms with van der Waals surface area (Å²) in [6.45, 7) is 3.80. The number of aryl methyl sites for hydroxylation is 1. The molecule has 0 aliphatic carbocycles. The van der Waals surface area contributed by atoms with E-state index in [0.29, 0.717) is 6.54 Å². The van der Waals surface area contributed by atoms with Crippen LogP contribution in [0.15, 0.2) is 53.4 Å². The van der Waals surface area contributed by atoms with E-state index in [-0.39, 0.29) is 10.5 Å². The van der Waals surface area contributed by atoms with E-state index in [1.807, 2.05) is 31.2 Å². The van der Waals surface area contributed by atoms with Gasteiger partial charge in [0.05, 0.1) is 10.5 Å². The molecule has 0 aliphatic rings. The van der Waals surface area contributed by atoms with Crippen LogP contribution in [0.4, 0.5) is 0 Å². The van der Waals surface area contributed by atoms with Gasteiger partial charge in [-0.05, 0) is 43.7 Å². The molecule has 26 heavy (non-hydrogen) atoms. The fourth-order valence-electron chi connectivity index (χ4n) is 2.16. The van der Waals surface area contributed by atoms with Crippen LogP contribution in [-0.4, -0.2) is 32.7 Å².